The fourth-order valence-electron chi connectivity index (χ4n) is 1.78. The average molecular weight is 248 g/mol. The molecule has 0 fully saturated rings. The van der Waals surface area contributed by atoms with Crippen LogP contribution < -0.4 is 0 Å². The molecule has 0 radical (unpaired) electrons. The summed E-state index contributed by atoms with van der Waals surface area (Å²) in [6.45, 7) is 10.7. The molecule has 0 bridgehead atoms. The second-order valence-electron chi connectivity index (χ2n) is 4.46. The summed E-state index contributed by atoms with van der Waals surface area (Å²) >= 11 is 0. The van der Waals surface area contributed by atoms with Gasteiger partial charge in [-0.3, -0.25) is 0 Å². The van der Waals surface area contributed by atoms with Gasteiger partial charge in [0, 0.05) is 6.42 Å². The number of rotatable bonds is 8. The van der Waals surface area contributed by atoms with Crippen LogP contribution in [0.1, 0.15) is 39.2 Å². The maximum Gasteiger partial charge on any atom is 0.121 e. The van der Waals surface area contributed by atoms with Crippen LogP contribution in [-0.4, -0.2) is 12.2 Å². The summed E-state index contributed by atoms with van der Waals surface area (Å²) in [7, 11) is 0. The molecule has 0 aliphatic carbocycles. The van der Waals surface area contributed by atoms with Crippen molar-refractivity contribution in [3.8, 4) is 0 Å². The van der Waals surface area contributed by atoms with Gasteiger partial charge in [-0.2, -0.15) is 0 Å². The summed E-state index contributed by atoms with van der Waals surface area (Å²) in [6, 6.07) is 10.2. The van der Waals surface area contributed by atoms with Crippen molar-refractivity contribution in [3.63, 3.8) is 0 Å². The van der Waals surface area contributed by atoms with E-state index in [9.17, 15) is 0 Å². The standard InChI is InChI=1S/C16H24O2/c1-5-13(3)18-14(4)16(6-2)17-12-15-10-8-7-9-11-15/h7-11,14,16H,3,5-6,12H2,1-2,4H3/t14-,16+/m0/s1. The van der Waals surface area contributed by atoms with E-state index >= 15 is 0 Å². The van der Waals surface area contributed by atoms with Gasteiger partial charge in [0.25, 0.3) is 0 Å². The van der Waals surface area contributed by atoms with Crippen LogP contribution in [0.3, 0.4) is 0 Å². The lowest BCUT2D eigenvalue weighted by Crippen LogP contribution is -2.28. The van der Waals surface area contributed by atoms with Crippen molar-refractivity contribution >= 4 is 0 Å². The van der Waals surface area contributed by atoms with Gasteiger partial charge < -0.3 is 9.47 Å². The lowest BCUT2D eigenvalue weighted by atomic mass is 10.1. The van der Waals surface area contributed by atoms with Gasteiger partial charge in [0.1, 0.15) is 6.10 Å². The summed E-state index contributed by atoms with van der Waals surface area (Å²) in [5.74, 6) is 0.823. The predicted octanol–water partition coefficient (Wildman–Crippen LogP) is 4.31. The summed E-state index contributed by atoms with van der Waals surface area (Å²) in [5, 5.41) is 0. The molecule has 1 aromatic rings. The molecule has 18 heavy (non-hydrogen) atoms. The van der Waals surface area contributed by atoms with Crippen LogP contribution >= 0.6 is 0 Å². The first-order valence-corrected chi connectivity index (χ1v) is 6.67. The first-order valence-electron chi connectivity index (χ1n) is 6.67. The molecule has 0 amide bonds. The molecular formula is C16H24O2. The van der Waals surface area contributed by atoms with Gasteiger partial charge in [-0.05, 0) is 18.9 Å². The molecule has 2 atom stereocenters. The van der Waals surface area contributed by atoms with Crippen molar-refractivity contribution < 1.29 is 9.47 Å². The van der Waals surface area contributed by atoms with Gasteiger partial charge in [0.2, 0.25) is 0 Å². The average Bonchev–Trinajstić information content (AvgIpc) is 2.40. The van der Waals surface area contributed by atoms with Gasteiger partial charge >= 0.3 is 0 Å². The summed E-state index contributed by atoms with van der Waals surface area (Å²) < 4.78 is 11.6. The van der Waals surface area contributed by atoms with Crippen molar-refractivity contribution in [2.45, 2.75) is 52.4 Å². The second kappa shape index (κ2) is 7.93. The number of benzene rings is 1. The van der Waals surface area contributed by atoms with Crippen molar-refractivity contribution in [2.75, 3.05) is 0 Å². The molecule has 0 saturated carbocycles. The maximum atomic E-state index is 5.92. The van der Waals surface area contributed by atoms with Crippen LogP contribution in [0.4, 0.5) is 0 Å². The molecule has 0 saturated heterocycles. The van der Waals surface area contributed by atoms with E-state index in [0.29, 0.717) is 6.61 Å². The van der Waals surface area contributed by atoms with Crippen LogP contribution in [0.25, 0.3) is 0 Å². The largest absolute Gasteiger partial charge is 0.493 e. The lowest BCUT2D eigenvalue weighted by Gasteiger charge is -2.25. The van der Waals surface area contributed by atoms with E-state index < -0.39 is 0 Å². The summed E-state index contributed by atoms with van der Waals surface area (Å²) in [4.78, 5) is 0. The zero-order valence-electron chi connectivity index (χ0n) is 11.7. The fourth-order valence-corrected chi connectivity index (χ4v) is 1.78. The molecule has 1 rings (SSSR count). The van der Waals surface area contributed by atoms with E-state index in [1.807, 2.05) is 32.0 Å². The molecule has 0 unspecified atom stereocenters. The summed E-state index contributed by atoms with van der Waals surface area (Å²) in [6.07, 6.45) is 1.93. The number of ether oxygens (including phenoxy) is 2. The predicted molar refractivity (Wildman–Crippen MR) is 75.3 cm³/mol. The lowest BCUT2D eigenvalue weighted by molar-refractivity contribution is -0.0530. The van der Waals surface area contributed by atoms with Gasteiger partial charge in [-0.25, -0.2) is 0 Å². The minimum atomic E-state index is 0.0474. The Hall–Kier alpha value is -1.28. The van der Waals surface area contributed by atoms with Gasteiger partial charge in [-0.1, -0.05) is 50.8 Å². The second-order valence-corrected chi connectivity index (χ2v) is 4.46. The minimum absolute atomic E-state index is 0.0474. The van der Waals surface area contributed by atoms with Gasteiger partial charge in [-0.15, -0.1) is 0 Å². The van der Waals surface area contributed by atoms with Crippen LogP contribution in [0.15, 0.2) is 42.7 Å². The van der Waals surface area contributed by atoms with E-state index in [1.165, 1.54) is 5.56 Å². The topological polar surface area (TPSA) is 18.5 Å². The van der Waals surface area contributed by atoms with Crippen molar-refractivity contribution in [2.24, 2.45) is 0 Å². The fraction of sp³-hybridized carbons (Fsp3) is 0.500. The van der Waals surface area contributed by atoms with Gasteiger partial charge in [0.05, 0.1) is 18.5 Å². The Balaban J connectivity index is 2.44. The maximum absolute atomic E-state index is 5.92. The van der Waals surface area contributed by atoms with Crippen molar-refractivity contribution in [1.82, 2.24) is 0 Å². The quantitative estimate of drug-likeness (QED) is 0.638. The van der Waals surface area contributed by atoms with Crippen LogP contribution in [0, 0.1) is 0 Å². The zero-order chi connectivity index (χ0) is 13.4. The van der Waals surface area contributed by atoms with Gasteiger partial charge in [0.15, 0.2) is 0 Å². The Morgan fingerprint density at radius 2 is 1.89 bits per heavy atom. The Morgan fingerprint density at radius 3 is 2.44 bits per heavy atom. The van der Waals surface area contributed by atoms with Crippen LogP contribution in [0.2, 0.25) is 0 Å². The Morgan fingerprint density at radius 1 is 1.22 bits per heavy atom. The van der Waals surface area contributed by atoms with Crippen LogP contribution in [0.5, 0.6) is 0 Å². The number of allylic oxidation sites excluding steroid dienone is 1. The molecule has 0 heterocycles. The highest BCUT2D eigenvalue weighted by Crippen LogP contribution is 2.15. The minimum Gasteiger partial charge on any atom is -0.493 e. The first kappa shape index (κ1) is 14.8. The molecule has 2 nitrogen and oxygen atoms in total. The Bertz CT molecular complexity index is 345. The molecule has 0 N–H and O–H groups in total. The van der Waals surface area contributed by atoms with E-state index in [2.05, 4.69) is 25.6 Å². The molecule has 0 aliphatic heterocycles. The zero-order valence-corrected chi connectivity index (χ0v) is 11.7. The number of hydrogen-bond donors (Lipinski definition) is 0. The smallest absolute Gasteiger partial charge is 0.121 e. The normalized spacial score (nSPS) is 13.9. The van der Waals surface area contributed by atoms with Crippen LogP contribution in [-0.2, 0) is 16.1 Å². The molecule has 0 aromatic heterocycles. The molecule has 2 heteroatoms. The van der Waals surface area contributed by atoms with E-state index in [-0.39, 0.29) is 12.2 Å². The third-order valence-corrected chi connectivity index (χ3v) is 2.98. The van der Waals surface area contributed by atoms with E-state index in [0.717, 1.165) is 18.6 Å². The molecule has 100 valence electrons. The third-order valence-electron chi connectivity index (χ3n) is 2.98. The SMILES string of the molecule is C=C(CC)O[C@@H](C)[C@@H](CC)OCc1ccccc1. The molecule has 0 spiro atoms. The molecule has 1 aromatic carbocycles. The van der Waals surface area contributed by atoms with Crippen molar-refractivity contribution in [1.29, 1.82) is 0 Å². The third kappa shape index (κ3) is 4.92. The Kier molecular flexibility index (Phi) is 6.51. The number of hydrogen-bond acceptors (Lipinski definition) is 2. The van der Waals surface area contributed by atoms with E-state index in [1.54, 1.807) is 0 Å². The highest BCUT2D eigenvalue weighted by molar-refractivity contribution is 5.13. The highest BCUT2D eigenvalue weighted by Gasteiger charge is 2.17. The molecular weight excluding hydrogens is 224 g/mol. The van der Waals surface area contributed by atoms with E-state index in [4.69, 9.17) is 9.47 Å². The Labute approximate surface area is 111 Å². The monoisotopic (exact) mass is 248 g/mol. The van der Waals surface area contributed by atoms with Crippen molar-refractivity contribution in [3.05, 3.63) is 48.2 Å². The summed E-state index contributed by atoms with van der Waals surface area (Å²) in [5.41, 5.74) is 1.19. The highest BCUT2D eigenvalue weighted by atomic mass is 16.5. The molecule has 0 aliphatic rings. The first-order chi connectivity index (χ1) is 8.67.